The Bertz CT molecular complexity index is 532. The highest BCUT2D eigenvalue weighted by Gasteiger charge is 2.21. The van der Waals surface area contributed by atoms with Crippen LogP contribution >= 0.6 is 11.6 Å². The number of carbonyl (C=O) groups is 1. The van der Waals surface area contributed by atoms with Gasteiger partial charge in [-0.1, -0.05) is 17.7 Å². The van der Waals surface area contributed by atoms with Gasteiger partial charge in [0.1, 0.15) is 6.07 Å². The van der Waals surface area contributed by atoms with Crippen molar-refractivity contribution in [2.45, 2.75) is 18.9 Å². The van der Waals surface area contributed by atoms with Gasteiger partial charge in [0.05, 0.1) is 22.8 Å². The molecule has 1 aliphatic rings. The monoisotopic (exact) mass is 292 g/mol. The number of para-hydroxylation sites is 1. The van der Waals surface area contributed by atoms with Crippen LogP contribution in [0.15, 0.2) is 18.2 Å². The van der Waals surface area contributed by atoms with Crippen molar-refractivity contribution in [1.82, 2.24) is 4.90 Å². The van der Waals surface area contributed by atoms with Crippen LogP contribution in [0.4, 0.5) is 5.69 Å². The summed E-state index contributed by atoms with van der Waals surface area (Å²) in [6.45, 7) is 1.93. The molecule has 1 amide bonds. The Morgan fingerprint density at radius 3 is 2.80 bits per heavy atom. The molecule has 2 rings (SSSR count). The number of amides is 1. The second-order valence-electron chi connectivity index (χ2n) is 4.94. The molecule has 5 nitrogen and oxygen atoms in total. The number of likely N-dealkylation sites (tertiary alicyclic amines) is 1. The number of rotatable bonds is 4. The van der Waals surface area contributed by atoms with Crippen molar-refractivity contribution in [1.29, 1.82) is 5.26 Å². The maximum atomic E-state index is 10.9. The minimum absolute atomic E-state index is 0.256. The summed E-state index contributed by atoms with van der Waals surface area (Å²) in [5.74, 6) is -0.297. The molecule has 0 radical (unpaired) electrons. The van der Waals surface area contributed by atoms with Crippen molar-refractivity contribution >= 4 is 23.2 Å². The lowest BCUT2D eigenvalue weighted by atomic mass is 10.0. The van der Waals surface area contributed by atoms with Crippen molar-refractivity contribution in [3.8, 4) is 6.07 Å². The summed E-state index contributed by atoms with van der Waals surface area (Å²) >= 11 is 6.14. The lowest BCUT2D eigenvalue weighted by Crippen LogP contribution is -2.43. The molecule has 0 spiro atoms. The zero-order valence-corrected chi connectivity index (χ0v) is 11.9. The molecule has 0 aliphatic carbocycles. The first-order valence-electron chi connectivity index (χ1n) is 6.56. The van der Waals surface area contributed by atoms with E-state index in [1.807, 2.05) is 4.90 Å². The van der Waals surface area contributed by atoms with Crippen molar-refractivity contribution in [2.75, 3.05) is 25.0 Å². The first kappa shape index (κ1) is 14.6. The summed E-state index contributed by atoms with van der Waals surface area (Å²) in [6.07, 6.45) is 1.78. The smallest absolute Gasteiger partial charge is 0.231 e. The van der Waals surface area contributed by atoms with E-state index < -0.39 is 0 Å². The van der Waals surface area contributed by atoms with Crippen LogP contribution in [-0.2, 0) is 4.79 Å². The molecule has 6 heteroatoms. The van der Waals surface area contributed by atoms with Crippen LogP contribution in [0.5, 0.6) is 0 Å². The first-order chi connectivity index (χ1) is 9.60. The molecule has 0 aromatic heterocycles. The fourth-order valence-electron chi connectivity index (χ4n) is 2.42. The van der Waals surface area contributed by atoms with Gasteiger partial charge in [0.2, 0.25) is 5.91 Å². The van der Waals surface area contributed by atoms with E-state index in [1.54, 1.807) is 18.2 Å². The standard InChI is InChI=1S/C14H17ClN4O/c15-12-3-1-2-10(8-16)14(12)18-11-4-6-19(7-5-11)9-13(17)20/h1-3,11,18H,4-7,9H2,(H2,17,20). The van der Waals surface area contributed by atoms with E-state index in [4.69, 9.17) is 22.6 Å². The predicted octanol–water partition coefficient (Wildman–Crippen LogP) is 1.57. The van der Waals surface area contributed by atoms with Gasteiger partial charge in [-0.25, -0.2) is 0 Å². The second-order valence-corrected chi connectivity index (χ2v) is 5.34. The number of piperidine rings is 1. The third-order valence-corrected chi connectivity index (χ3v) is 3.76. The van der Waals surface area contributed by atoms with E-state index in [0.29, 0.717) is 22.8 Å². The number of carbonyl (C=O) groups excluding carboxylic acids is 1. The molecule has 0 bridgehead atoms. The van der Waals surface area contributed by atoms with Gasteiger partial charge in [0, 0.05) is 19.1 Å². The molecule has 0 atom stereocenters. The molecule has 1 aliphatic heterocycles. The highest BCUT2D eigenvalue weighted by molar-refractivity contribution is 6.33. The van der Waals surface area contributed by atoms with Gasteiger partial charge in [0.15, 0.2) is 0 Å². The number of anilines is 1. The number of nitrogens with zero attached hydrogens (tertiary/aromatic N) is 2. The summed E-state index contributed by atoms with van der Waals surface area (Å²) < 4.78 is 0. The third-order valence-electron chi connectivity index (χ3n) is 3.45. The minimum atomic E-state index is -0.297. The summed E-state index contributed by atoms with van der Waals surface area (Å²) in [6, 6.07) is 7.68. The van der Waals surface area contributed by atoms with Crippen molar-refractivity contribution < 1.29 is 4.79 Å². The van der Waals surface area contributed by atoms with Gasteiger partial charge < -0.3 is 11.1 Å². The molecular weight excluding hydrogens is 276 g/mol. The van der Waals surface area contributed by atoms with Crippen LogP contribution in [0.1, 0.15) is 18.4 Å². The van der Waals surface area contributed by atoms with Crippen LogP contribution in [-0.4, -0.2) is 36.5 Å². The fourth-order valence-corrected chi connectivity index (χ4v) is 2.65. The Kier molecular flexibility index (Phi) is 4.83. The molecule has 20 heavy (non-hydrogen) atoms. The molecular formula is C14H17ClN4O. The zero-order chi connectivity index (χ0) is 14.5. The molecule has 3 N–H and O–H groups in total. The summed E-state index contributed by atoms with van der Waals surface area (Å²) in [5, 5.41) is 13.0. The molecule has 1 fully saturated rings. The molecule has 1 saturated heterocycles. The van der Waals surface area contributed by atoms with Gasteiger partial charge in [-0.2, -0.15) is 5.26 Å². The van der Waals surface area contributed by atoms with Crippen LogP contribution in [0.2, 0.25) is 5.02 Å². The zero-order valence-electron chi connectivity index (χ0n) is 11.1. The topological polar surface area (TPSA) is 82.2 Å². The molecule has 0 saturated carbocycles. The average molecular weight is 293 g/mol. The average Bonchev–Trinajstić information content (AvgIpc) is 2.42. The minimum Gasteiger partial charge on any atom is -0.380 e. The molecule has 0 unspecified atom stereocenters. The quantitative estimate of drug-likeness (QED) is 0.882. The van der Waals surface area contributed by atoms with Gasteiger partial charge in [0.25, 0.3) is 0 Å². The third kappa shape index (κ3) is 3.62. The molecule has 1 aromatic rings. The largest absolute Gasteiger partial charge is 0.380 e. The van der Waals surface area contributed by atoms with Gasteiger partial charge in [-0.15, -0.1) is 0 Å². The van der Waals surface area contributed by atoms with E-state index in [1.165, 1.54) is 0 Å². The summed E-state index contributed by atoms with van der Waals surface area (Å²) in [4.78, 5) is 12.9. The maximum Gasteiger partial charge on any atom is 0.231 e. The Labute approximate surface area is 123 Å². The molecule has 1 aromatic carbocycles. The lowest BCUT2D eigenvalue weighted by molar-refractivity contribution is -0.119. The number of hydrogen-bond acceptors (Lipinski definition) is 4. The van der Waals surface area contributed by atoms with E-state index in [2.05, 4.69) is 11.4 Å². The molecule has 106 valence electrons. The number of hydrogen-bond donors (Lipinski definition) is 2. The SMILES string of the molecule is N#Cc1cccc(Cl)c1NC1CCN(CC(N)=O)CC1. The fraction of sp³-hybridized carbons (Fsp3) is 0.429. The van der Waals surface area contributed by atoms with Crippen molar-refractivity contribution in [3.05, 3.63) is 28.8 Å². The van der Waals surface area contributed by atoms with Crippen LogP contribution in [0.25, 0.3) is 0 Å². The van der Waals surface area contributed by atoms with Gasteiger partial charge in [-0.05, 0) is 25.0 Å². The summed E-state index contributed by atoms with van der Waals surface area (Å²) in [7, 11) is 0. The maximum absolute atomic E-state index is 10.9. The Morgan fingerprint density at radius 1 is 1.50 bits per heavy atom. The van der Waals surface area contributed by atoms with E-state index in [9.17, 15) is 4.79 Å². The predicted molar refractivity (Wildman–Crippen MR) is 78.4 cm³/mol. The van der Waals surface area contributed by atoms with Gasteiger partial charge >= 0.3 is 0 Å². The van der Waals surface area contributed by atoms with Crippen molar-refractivity contribution in [2.24, 2.45) is 5.73 Å². The van der Waals surface area contributed by atoms with E-state index >= 15 is 0 Å². The van der Waals surface area contributed by atoms with Crippen LogP contribution in [0, 0.1) is 11.3 Å². The Hall–Kier alpha value is -1.77. The highest BCUT2D eigenvalue weighted by Crippen LogP contribution is 2.27. The van der Waals surface area contributed by atoms with Crippen molar-refractivity contribution in [3.63, 3.8) is 0 Å². The van der Waals surface area contributed by atoms with E-state index in [0.717, 1.165) is 25.9 Å². The Morgan fingerprint density at radius 2 is 2.20 bits per heavy atom. The second kappa shape index (κ2) is 6.60. The lowest BCUT2D eigenvalue weighted by Gasteiger charge is -2.32. The van der Waals surface area contributed by atoms with E-state index in [-0.39, 0.29) is 11.9 Å². The molecule has 1 heterocycles. The normalized spacial score (nSPS) is 16.6. The first-order valence-corrected chi connectivity index (χ1v) is 6.93. The van der Waals surface area contributed by atoms with Crippen LogP contribution in [0.3, 0.4) is 0 Å². The number of primary amides is 1. The number of nitrogens with two attached hydrogens (primary N) is 1. The van der Waals surface area contributed by atoms with Gasteiger partial charge in [-0.3, -0.25) is 9.69 Å². The number of halogens is 1. The highest BCUT2D eigenvalue weighted by atomic mass is 35.5. The number of nitriles is 1. The number of nitrogens with one attached hydrogen (secondary N) is 1. The van der Waals surface area contributed by atoms with Crippen LogP contribution < -0.4 is 11.1 Å². The summed E-state index contributed by atoms with van der Waals surface area (Å²) in [5.41, 5.74) is 6.44. The Balaban J connectivity index is 1.97. The number of benzene rings is 1.